The average Bonchev–Trinajstić information content (AvgIpc) is 2.35. The fourth-order valence-electron chi connectivity index (χ4n) is 3.56. The highest BCUT2D eigenvalue weighted by Crippen LogP contribution is 2.35. The van der Waals surface area contributed by atoms with Gasteiger partial charge in [0.1, 0.15) is 0 Å². The summed E-state index contributed by atoms with van der Waals surface area (Å²) in [5.41, 5.74) is 0. The fourth-order valence-corrected chi connectivity index (χ4v) is 3.56. The number of nitrogens with zero attached hydrogens (tertiary/aromatic N) is 1. The van der Waals surface area contributed by atoms with Crippen molar-refractivity contribution in [3.8, 4) is 0 Å². The molecule has 112 valence electrons. The molecular formula is C16H31NO2. The number of carboxylic acids is 1. The van der Waals surface area contributed by atoms with Gasteiger partial charge in [0.2, 0.25) is 0 Å². The molecule has 0 aliphatic heterocycles. The van der Waals surface area contributed by atoms with E-state index in [-0.39, 0.29) is 12.0 Å². The second-order valence-corrected chi connectivity index (χ2v) is 6.46. The zero-order valence-electron chi connectivity index (χ0n) is 13.1. The van der Waals surface area contributed by atoms with E-state index in [2.05, 4.69) is 32.6 Å². The zero-order chi connectivity index (χ0) is 14.4. The molecule has 0 amide bonds. The Bertz CT molecular complexity index is 278. The van der Waals surface area contributed by atoms with Gasteiger partial charge in [-0.05, 0) is 37.6 Å². The van der Waals surface area contributed by atoms with Gasteiger partial charge >= 0.3 is 5.97 Å². The van der Waals surface area contributed by atoms with Crippen LogP contribution in [0.2, 0.25) is 0 Å². The largest absolute Gasteiger partial charge is 0.481 e. The Morgan fingerprint density at radius 1 is 1.32 bits per heavy atom. The minimum Gasteiger partial charge on any atom is -0.481 e. The summed E-state index contributed by atoms with van der Waals surface area (Å²) in [6.07, 6.45) is 5.50. The summed E-state index contributed by atoms with van der Waals surface area (Å²) in [6, 6.07) is 0.246. The quantitative estimate of drug-likeness (QED) is 0.767. The van der Waals surface area contributed by atoms with Crippen LogP contribution in [0.15, 0.2) is 0 Å². The van der Waals surface area contributed by atoms with E-state index in [1.165, 1.54) is 12.8 Å². The summed E-state index contributed by atoms with van der Waals surface area (Å²) in [5, 5.41) is 9.48. The molecule has 1 aliphatic rings. The molecule has 19 heavy (non-hydrogen) atoms. The second-order valence-electron chi connectivity index (χ2n) is 6.46. The van der Waals surface area contributed by atoms with E-state index in [0.29, 0.717) is 5.92 Å². The molecule has 1 fully saturated rings. The second kappa shape index (κ2) is 7.88. The lowest BCUT2D eigenvalue weighted by molar-refractivity contribution is -0.146. The molecule has 0 spiro atoms. The van der Waals surface area contributed by atoms with Gasteiger partial charge in [0.25, 0.3) is 0 Å². The molecule has 3 unspecified atom stereocenters. The summed E-state index contributed by atoms with van der Waals surface area (Å²) in [5.74, 6) is 0.571. The summed E-state index contributed by atoms with van der Waals surface area (Å²) in [4.78, 5) is 13.9. The SMILES string of the molecule is CCCC1CCC(C(=O)O)C(N(CC)CC(C)C)C1. The molecule has 0 saturated heterocycles. The molecule has 0 radical (unpaired) electrons. The number of carbonyl (C=O) groups is 1. The normalized spacial score (nSPS) is 28.0. The van der Waals surface area contributed by atoms with Crippen molar-refractivity contribution in [3.63, 3.8) is 0 Å². The molecule has 1 saturated carbocycles. The van der Waals surface area contributed by atoms with Crippen LogP contribution in [0.3, 0.4) is 0 Å². The van der Waals surface area contributed by atoms with Crippen LogP contribution in [0.25, 0.3) is 0 Å². The average molecular weight is 269 g/mol. The predicted octanol–water partition coefficient (Wildman–Crippen LogP) is 3.63. The van der Waals surface area contributed by atoms with E-state index in [1.807, 2.05) is 0 Å². The van der Waals surface area contributed by atoms with E-state index in [4.69, 9.17) is 0 Å². The molecule has 0 aromatic rings. The van der Waals surface area contributed by atoms with Crippen LogP contribution in [0, 0.1) is 17.8 Å². The van der Waals surface area contributed by atoms with Crippen molar-refractivity contribution in [3.05, 3.63) is 0 Å². The van der Waals surface area contributed by atoms with E-state index < -0.39 is 5.97 Å². The van der Waals surface area contributed by atoms with Crippen molar-refractivity contribution in [1.82, 2.24) is 4.90 Å². The Kier molecular flexibility index (Phi) is 6.84. The lowest BCUT2D eigenvalue weighted by Gasteiger charge is -2.41. The Hall–Kier alpha value is -0.570. The first-order valence-electron chi connectivity index (χ1n) is 7.96. The Morgan fingerprint density at radius 2 is 2.00 bits per heavy atom. The van der Waals surface area contributed by atoms with Crippen LogP contribution >= 0.6 is 0 Å². The topological polar surface area (TPSA) is 40.5 Å². The standard InChI is InChI=1S/C16H31NO2/c1-5-7-13-8-9-14(16(18)19)15(10-13)17(6-2)11-12(3)4/h12-15H,5-11H2,1-4H3,(H,18,19). The molecule has 1 rings (SSSR count). The molecule has 1 aliphatic carbocycles. The van der Waals surface area contributed by atoms with Gasteiger partial charge in [0.05, 0.1) is 5.92 Å². The van der Waals surface area contributed by atoms with Crippen molar-refractivity contribution in [2.24, 2.45) is 17.8 Å². The zero-order valence-corrected chi connectivity index (χ0v) is 13.1. The summed E-state index contributed by atoms with van der Waals surface area (Å²) in [6.45, 7) is 10.8. The lowest BCUT2D eigenvalue weighted by Crippen LogP contribution is -2.48. The van der Waals surface area contributed by atoms with E-state index in [0.717, 1.165) is 38.3 Å². The van der Waals surface area contributed by atoms with E-state index in [9.17, 15) is 9.90 Å². The maximum atomic E-state index is 11.5. The summed E-state index contributed by atoms with van der Waals surface area (Å²) in [7, 11) is 0. The lowest BCUT2D eigenvalue weighted by atomic mass is 9.75. The highest BCUT2D eigenvalue weighted by molar-refractivity contribution is 5.71. The first-order chi connectivity index (χ1) is 8.99. The number of hydrogen-bond donors (Lipinski definition) is 1. The van der Waals surface area contributed by atoms with Gasteiger partial charge in [-0.25, -0.2) is 0 Å². The van der Waals surface area contributed by atoms with Crippen molar-refractivity contribution >= 4 is 5.97 Å². The van der Waals surface area contributed by atoms with Crippen LogP contribution in [0.4, 0.5) is 0 Å². The minimum absolute atomic E-state index is 0.160. The van der Waals surface area contributed by atoms with Crippen molar-refractivity contribution in [2.75, 3.05) is 13.1 Å². The maximum absolute atomic E-state index is 11.5. The third kappa shape index (κ3) is 4.79. The third-order valence-electron chi connectivity index (χ3n) is 4.41. The summed E-state index contributed by atoms with van der Waals surface area (Å²) >= 11 is 0. The highest BCUT2D eigenvalue weighted by Gasteiger charge is 2.37. The molecule has 1 N–H and O–H groups in total. The molecule has 0 heterocycles. The Morgan fingerprint density at radius 3 is 2.47 bits per heavy atom. The van der Waals surface area contributed by atoms with Crippen LogP contribution in [-0.4, -0.2) is 35.1 Å². The van der Waals surface area contributed by atoms with Gasteiger partial charge < -0.3 is 5.11 Å². The predicted molar refractivity (Wildman–Crippen MR) is 79.2 cm³/mol. The number of hydrogen-bond acceptors (Lipinski definition) is 2. The van der Waals surface area contributed by atoms with Crippen LogP contribution in [-0.2, 0) is 4.79 Å². The molecule has 0 aromatic carbocycles. The van der Waals surface area contributed by atoms with Crippen molar-refractivity contribution in [2.45, 2.75) is 65.8 Å². The molecule has 0 aromatic heterocycles. The number of aliphatic carboxylic acids is 1. The van der Waals surface area contributed by atoms with Crippen LogP contribution < -0.4 is 0 Å². The van der Waals surface area contributed by atoms with Gasteiger partial charge in [-0.15, -0.1) is 0 Å². The molecule has 0 bridgehead atoms. The van der Waals surface area contributed by atoms with Crippen LogP contribution in [0.5, 0.6) is 0 Å². The van der Waals surface area contributed by atoms with Gasteiger partial charge in [-0.3, -0.25) is 9.69 Å². The van der Waals surface area contributed by atoms with Gasteiger partial charge in [0, 0.05) is 12.6 Å². The molecular weight excluding hydrogens is 238 g/mol. The van der Waals surface area contributed by atoms with Crippen LogP contribution in [0.1, 0.15) is 59.8 Å². The van der Waals surface area contributed by atoms with Gasteiger partial charge in [-0.2, -0.15) is 0 Å². The van der Waals surface area contributed by atoms with Crippen molar-refractivity contribution in [1.29, 1.82) is 0 Å². The molecule has 3 heteroatoms. The summed E-state index contributed by atoms with van der Waals surface area (Å²) < 4.78 is 0. The number of rotatable bonds is 7. The Balaban J connectivity index is 2.76. The highest BCUT2D eigenvalue weighted by atomic mass is 16.4. The van der Waals surface area contributed by atoms with E-state index in [1.54, 1.807) is 0 Å². The van der Waals surface area contributed by atoms with Gasteiger partial charge in [-0.1, -0.05) is 40.5 Å². The smallest absolute Gasteiger partial charge is 0.308 e. The monoisotopic (exact) mass is 269 g/mol. The minimum atomic E-state index is -0.595. The maximum Gasteiger partial charge on any atom is 0.308 e. The third-order valence-corrected chi connectivity index (χ3v) is 4.41. The first-order valence-corrected chi connectivity index (χ1v) is 7.96. The first kappa shape index (κ1) is 16.5. The van der Waals surface area contributed by atoms with Crippen molar-refractivity contribution < 1.29 is 9.90 Å². The van der Waals surface area contributed by atoms with Gasteiger partial charge in [0.15, 0.2) is 0 Å². The Labute approximate surface area is 118 Å². The number of carboxylic acid groups (broad SMARTS) is 1. The molecule has 3 nitrogen and oxygen atoms in total. The fraction of sp³-hybridized carbons (Fsp3) is 0.938. The van der Waals surface area contributed by atoms with E-state index >= 15 is 0 Å². The molecule has 3 atom stereocenters.